The zero-order valence-corrected chi connectivity index (χ0v) is 19.5. The number of thioether (sulfide) groups is 1. The first-order valence-corrected chi connectivity index (χ1v) is 12.2. The zero-order chi connectivity index (χ0) is 22.5. The molecule has 1 aromatic heterocycles. The van der Waals surface area contributed by atoms with Crippen LogP contribution in [0.3, 0.4) is 0 Å². The van der Waals surface area contributed by atoms with E-state index in [0.717, 1.165) is 31.4 Å². The lowest BCUT2D eigenvalue weighted by atomic mass is 10.1. The average molecular weight is 472 g/mol. The number of nitrogens with zero attached hydrogens (tertiary/aromatic N) is 2. The van der Waals surface area contributed by atoms with Crippen molar-refractivity contribution in [2.75, 3.05) is 13.2 Å². The number of amides is 1. The Bertz CT molecular complexity index is 1170. The van der Waals surface area contributed by atoms with Gasteiger partial charge in [-0.2, -0.15) is 0 Å². The Morgan fingerprint density at radius 2 is 2.19 bits per heavy atom. The minimum absolute atomic E-state index is 0.0107. The summed E-state index contributed by atoms with van der Waals surface area (Å²) in [7, 11) is 0. The topological polar surface area (TPSA) is 73.2 Å². The molecular weight excluding hydrogens is 446 g/mol. The second-order valence-corrected chi connectivity index (χ2v) is 9.23. The lowest BCUT2D eigenvalue weighted by Crippen LogP contribution is -2.29. The SMILES string of the molecule is CCCNC(=O)c1ccc2c(=O)n(C[C@H]3CCCO3)c(SCc3cccc(Cl)c3)nc2c1. The molecule has 0 aliphatic carbocycles. The third kappa shape index (κ3) is 5.34. The molecule has 1 aliphatic rings. The van der Waals surface area contributed by atoms with E-state index in [-0.39, 0.29) is 17.6 Å². The first-order chi connectivity index (χ1) is 15.5. The molecule has 168 valence electrons. The molecule has 1 aliphatic heterocycles. The number of hydrogen-bond donors (Lipinski definition) is 1. The third-order valence-corrected chi connectivity index (χ3v) is 6.67. The second-order valence-electron chi connectivity index (χ2n) is 7.85. The van der Waals surface area contributed by atoms with E-state index in [2.05, 4.69) is 5.32 Å². The van der Waals surface area contributed by atoms with Crippen molar-refractivity contribution in [3.63, 3.8) is 0 Å². The monoisotopic (exact) mass is 471 g/mol. The van der Waals surface area contributed by atoms with Gasteiger partial charge in [-0.25, -0.2) is 4.98 Å². The van der Waals surface area contributed by atoms with Crippen LogP contribution < -0.4 is 10.9 Å². The number of aromatic nitrogens is 2. The Morgan fingerprint density at radius 1 is 1.31 bits per heavy atom. The Kier molecular flexibility index (Phi) is 7.50. The number of rotatable bonds is 8. The van der Waals surface area contributed by atoms with Gasteiger partial charge in [-0.3, -0.25) is 14.2 Å². The van der Waals surface area contributed by atoms with E-state index in [1.807, 2.05) is 31.2 Å². The summed E-state index contributed by atoms with van der Waals surface area (Å²) < 4.78 is 7.49. The summed E-state index contributed by atoms with van der Waals surface area (Å²) in [5, 5.41) is 4.66. The van der Waals surface area contributed by atoms with Gasteiger partial charge in [0, 0.05) is 29.5 Å². The predicted octanol–water partition coefficient (Wildman–Crippen LogP) is 4.66. The molecule has 0 saturated carbocycles. The molecule has 1 fully saturated rings. The Morgan fingerprint density at radius 3 is 2.94 bits per heavy atom. The highest BCUT2D eigenvalue weighted by Gasteiger charge is 2.21. The number of hydrogen-bond acceptors (Lipinski definition) is 5. The van der Waals surface area contributed by atoms with Crippen molar-refractivity contribution in [2.24, 2.45) is 0 Å². The second kappa shape index (κ2) is 10.5. The Labute approximate surface area is 196 Å². The summed E-state index contributed by atoms with van der Waals surface area (Å²) >= 11 is 7.61. The molecule has 2 heterocycles. The van der Waals surface area contributed by atoms with Crippen LogP contribution in [0.1, 0.15) is 42.1 Å². The van der Waals surface area contributed by atoms with Crippen molar-refractivity contribution in [1.82, 2.24) is 14.9 Å². The highest BCUT2D eigenvalue weighted by atomic mass is 35.5. The van der Waals surface area contributed by atoms with Gasteiger partial charge in [-0.15, -0.1) is 0 Å². The van der Waals surface area contributed by atoms with E-state index in [0.29, 0.717) is 45.5 Å². The molecule has 6 nitrogen and oxygen atoms in total. The molecule has 2 aromatic carbocycles. The summed E-state index contributed by atoms with van der Waals surface area (Å²) in [6, 6.07) is 12.7. The number of nitrogens with one attached hydrogen (secondary N) is 1. The summed E-state index contributed by atoms with van der Waals surface area (Å²) in [5.41, 5.74) is 1.96. The number of carbonyl (C=O) groups excluding carboxylic acids is 1. The number of benzene rings is 2. The van der Waals surface area contributed by atoms with E-state index in [9.17, 15) is 9.59 Å². The van der Waals surface area contributed by atoms with Gasteiger partial charge in [0.25, 0.3) is 11.5 Å². The predicted molar refractivity (Wildman–Crippen MR) is 129 cm³/mol. The summed E-state index contributed by atoms with van der Waals surface area (Å²) in [6.07, 6.45) is 2.80. The van der Waals surface area contributed by atoms with Crippen LogP contribution in [0.15, 0.2) is 52.4 Å². The number of ether oxygens (including phenoxy) is 1. The van der Waals surface area contributed by atoms with Crippen molar-refractivity contribution < 1.29 is 9.53 Å². The molecule has 8 heteroatoms. The lowest BCUT2D eigenvalue weighted by molar-refractivity contribution is 0.0937. The minimum atomic E-state index is -0.160. The van der Waals surface area contributed by atoms with Crippen LogP contribution in [-0.2, 0) is 17.0 Å². The molecule has 32 heavy (non-hydrogen) atoms. The molecule has 0 unspecified atom stereocenters. The van der Waals surface area contributed by atoms with E-state index in [1.54, 1.807) is 22.8 Å². The zero-order valence-electron chi connectivity index (χ0n) is 18.0. The lowest BCUT2D eigenvalue weighted by Gasteiger charge is -2.17. The fourth-order valence-electron chi connectivity index (χ4n) is 3.72. The van der Waals surface area contributed by atoms with E-state index >= 15 is 0 Å². The van der Waals surface area contributed by atoms with Gasteiger partial charge in [0.15, 0.2) is 5.16 Å². The van der Waals surface area contributed by atoms with Crippen LogP contribution in [0, 0.1) is 0 Å². The van der Waals surface area contributed by atoms with Crippen LogP contribution in [0.25, 0.3) is 10.9 Å². The highest BCUT2D eigenvalue weighted by molar-refractivity contribution is 7.98. The quantitative estimate of drug-likeness (QED) is 0.382. The van der Waals surface area contributed by atoms with Gasteiger partial charge in [-0.05, 0) is 55.2 Å². The largest absolute Gasteiger partial charge is 0.376 e. The van der Waals surface area contributed by atoms with Gasteiger partial charge >= 0.3 is 0 Å². The molecule has 3 aromatic rings. The first-order valence-electron chi connectivity index (χ1n) is 10.9. The van der Waals surface area contributed by atoms with Crippen LogP contribution >= 0.6 is 23.4 Å². The highest BCUT2D eigenvalue weighted by Crippen LogP contribution is 2.25. The maximum Gasteiger partial charge on any atom is 0.262 e. The van der Waals surface area contributed by atoms with Gasteiger partial charge in [0.2, 0.25) is 0 Å². The van der Waals surface area contributed by atoms with Crippen molar-refractivity contribution in [2.45, 2.75) is 49.7 Å². The van der Waals surface area contributed by atoms with Gasteiger partial charge in [0.05, 0.1) is 23.6 Å². The third-order valence-electron chi connectivity index (χ3n) is 5.39. The maximum absolute atomic E-state index is 13.4. The minimum Gasteiger partial charge on any atom is -0.376 e. The number of fused-ring (bicyclic) bond motifs is 1. The average Bonchev–Trinajstić information content (AvgIpc) is 3.31. The van der Waals surface area contributed by atoms with Crippen LogP contribution in [-0.4, -0.2) is 34.7 Å². The molecule has 0 bridgehead atoms. The fourth-order valence-corrected chi connectivity index (χ4v) is 4.88. The van der Waals surface area contributed by atoms with Crippen LogP contribution in [0.4, 0.5) is 0 Å². The first kappa shape index (κ1) is 22.8. The van der Waals surface area contributed by atoms with Crippen molar-refractivity contribution in [1.29, 1.82) is 0 Å². The fraction of sp³-hybridized carbons (Fsp3) is 0.375. The van der Waals surface area contributed by atoms with Gasteiger partial charge in [-0.1, -0.05) is 42.4 Å². The summed E-state index contributed by atoms with van der Waals surface area (Å²) in [5.74, 6) is 0.466. The summed E-state index contributed by atoms with van der Waals surface area (Å²) in [6.45, 7) is 3.80. The molecular formula is C24H26ClN3O3S. The molecule has 1 atom stereocenters. The number of carbonyl (C=O) groups is 1. The van der Waals surface area contributed by atoms with Crippen molar-refractivity contribution >= 4 is 40.2 Å². The van der Waals surface area contributed by atoms with Crippen LogP contribution in [0.5, 0.6) is 0 Å². The van der Waals surface area contributed by atoms with Crippen molar-refractivity contribution in [3.05, 3.63) is 69.0 Å². The van der Waals surface area contributed by atoms with E-state index in [4.69, 9.17) is 21.3 Å². The molecule has 0 radical (unpaired) electrons. The molecule has 0 spiro atoms. The van der Waals surface area contributed by atoms with Crippen LogP contribution in [0.2, 0.25) is 5.02 Å². The van der Waals surface area contributed by atoms with E-state index in [1.165, 1.54) is 11.8 Å². The van der Waals surface area contributed by atoms with Gasteiger partial charge < -0.3 is 10.1 Å². The Balaban J connectivity index is 1.70. The molecule has 1 amide bonds. The molecule has 1 saturated heterocycles. The Hall–Kier alpha value is -2.35. The van der Waals surface area contributed by atoms with Crippen molar-refractivity contribution in [3.8, 4) is 0 Å². The molecule has 1 N–H and O–H groups in total. The van der Waals surface area contributed by atoms with E-state index < -0.39 is 0 Å². The smallest absolute Gasteiger partial charge is 0.262 e. The summed E-state index contributed by atoms with van der Waals surface area (Å²) in [4.78, 5) is 30.6. The molecule has 4 rings (SSSR count). The maximum atomic E-state index is 13.4. The standard InChI is InChI=1S/C24H26ClN3O3S/c1-2-10-26-22(29)17-8-9-20-21(13-17)27-24(32-15-16-5-3-6-18(25)12-16)28(23(20)30)14-19-7-4-11-31-19/h3,5-6,8-9,12-13,19H,2,4,7,10-11,14-15H2,1H3,(H,26,29)/t19-/m1/s1. The number of halogens is 1. The normalized spacial score (nSPS) is 15.9. The van der Waals surface area contributed by atoms with Gasteiger partial charge in [0.1, 0.15) is 0 Å².